The molecule has 1 heterocycles. The van der Waals surface area contributed by atoms with Crippen LogP contribution in [-0.4, -0.2) is 19.1 Å². The Kier molecular flexibility index (Phi) is 3.08. The average molecular weight is 204 g/mol. The third kappa shape index (κ3) is 2.21. The predicted octanol–water partition coefficient (Wildman–Crippen LogP) is 1.93. The standard InChI is InChI=1S/C13H20N2/c1-9-4-5-10(2)12(8-9)13-11(3)14-6-7-15-13/h4-5,8,11,13-15H,6-7H2,1-3H3. The molecule has 0 spiro atoms. The molecular weight excluding hydrogens is 184 g/mol. The fourth-order valence-corrected chi connectivity index (χ4v) is 2.30. The van der Waals surface area contributed by atoms with Gasteiger partial charge in [-0.1, -0.05) is 23.8 Å². The zero-order valence-electron chi connectivity index (χ0n) is 9.80. The van der Waals surface area contributed by atoms with E-state index in [0.29, 0.717) is 12.1 Å². The molecule has 2 atom stereocenters. The molecular formula is C13H20N2. The minimum absolute atomic E-state index is 0.457. The second-order valence-corrected chi connectivity index (χ2v) is 4.53. The van der Waals surface area contributed by atoms with E-state index < -0.39 is 0 Å². The summed E-state index contributed by atoms with van der Waals surface area (Å²) in [5, 5.41) is 7.11. The van der Waals surface area contributed by atoms with E-state index >= 15 is 0 Å². The summed E-state index contributed by atoms with van der Waals surface area (Å²) in [4.78, 5) is 0. The van der Waals surface area contributed by atoms with Crippen LogP contribution in [-0.2, 0) is 0 Å². The van der Waals surface area contributed by atoms with Crippen LogP contribution in [0.1, 0.15) is 29.7 Å². The van der Waals surface area contributed by atoms with Crippen LogP contribution in [0, 0.1) is 13.8 Å². The monoisotopic (exact) mass is 204 g/mol. The van der Waals surface area contributed by atoms with Crippen molar-refractivity contribution in [3.63, 3.8) is 0 Å². The predicted molar refractivity (Wildman–Crippen MR) is 64.1 cm³/mol. The van der Waals surface area contributed by atoms with Gasteiger partial charge in [0.2, 0.25) is 0 Å². The van der Waals surface area contributed by atoms with Gasteiger partial charge in [-0.3, -0.25) is 0 Å². The van der Waals surface area contributed by atoms with Gasteiger partial charge < -0.3 is 10.6 Å². The number of nitrogens with one attached hydrogen (secondary N) is 2. The largest absolute Gasteiger partial charge is 0.311 e. The first kappa shape index (κ1) is 10.7. The van der Waals surface area contributed by atoms with Crippen LogP contribution < -0.4 is 10.6 Å². The van der Waals surface area contributed by atoms with E-state index in [2.05, 4.69) is 49.6 Å². The van der Waals surface area contributed by atoms with E-state index in [4.69, 9.17) is 0 Å². The molecule has 0 bridgehead atoms. The maximum atomic E-state index is 3.59. The second kappa shape index (κ2) is 4.33. The number of benzene rings is 1. The Morgan fingerprint density at radius 2 is 1.87 bits per heavy atom. The SMILES string of the molecule is Cc1ccc(C)c(C2NCCNC2C)c1. The maximum Gasteiger partial charge on any atom is 0.0476 e. The van der Waals surface area contributed by atoms with Crippen molar-refractivity contribution in [3.05, 3.63) is 34.9 Å². The number of piperazine rings is 1. The lowest BCUT2D eigenvalue weighted by Gasteiger charge is -2.32. The van der Waals surface area contributed by atoms with Crippen molar-refractivity contribution in [1.29, 1.82) is 0 Å². The highest BCUT2D eigenvalue weighted by Gasteiger charge is 2.22. The molecule has 2 rings (SSSR count). The molecule has 2 N–H and O–H groups in total. The lowest BCUT2D eigenvalue weighted by molar-refractivity contribution is 0.344. The molecule has 2 heteroatoms. The number of hydrogen-bond donors (Lipinski definition) is 2. The van der Waals surface area contributed by atoms with Gasteiger partial charge in [0.05, 0.1) is 0 Å². The van der Waals surface area contributed by atoms with E-state index in [1.807, 2.05) is 0 Å². The van der Waals surface area contributed by atoms with Crippen molar-refractivity contribution in [3.8, 4) is 0 Å². The molecule has 1 saturated heterocycles. The van der Waals surface area contributed by atoms with Gasteiger partial charge in [0.25, 0.3) is 0 Å². The molecule has 1 aromatic carbocycles. The first-order chi connectivity index (χ1) is 7.18. The minimum atomic E-state index is 0.457. The zero-order chi connectivity index (χ0) is 10.8. The summed E-state index contributed by atoms with van der Waals surface area (Å²) in [7, 11) is 0. The quantitative estimate of drug-likeness (QED) is 0.730. The van der Waals surface area contributed by atoms with Crippen molar-refractivity contribution >= 4 is 0 Å². The Balaban J connectivity index is 2.30. The molecule has 1 aliphatic rings. The van der Waals surface area contributed by atoms with E-state index in [0.717, 1.165) is 13.1 Å². The van der Waals surface area contributed by atoms with Gasteiger partial charge in [-0.2, -0.15) is 0 Å². The van der Waals surface area contributed by atoms with Crippen LogP contribution in [0.3, 0.4) is 0 Å². The topological polar surface area (TPSA) is 24.1 Å². The van der Waals surface area contributed by atoms with Crippen LogP contribution in [0.15, 0.2) is 18.2 Å². The fraction of sp³-hybridized carbons (Fsp3) is 0.538. The van der Waals surface area contributed by atoms with Crippen LogP contribution >= 0.6 is 0 Å². The van der Waals surface area contributed by atoms with Crippen molar-refractivity contribution in [1.82, 2.24) is 10.6 Å². The van der Waals surface area contributed by atoms with Crippen molar-refractivity contribution in [2.75, 3.05) is 13.1 Å². The molecule has 1 fully saturated rings. The third-order valence-electron chi connectivity index (χ3n) is 3.23. The van der Waals surface area contributed by atoms with Crippen molar-refractivity contribution in [2.24, 2.45) is 0 Å². The Morgan fingerprint density at radius 3 is 2.60 bits per heavy atom. The molecule has 0 amide bonds. The molecule has 1 aliphatic heterocycles. The number of rotatable bonds is 1. The first-order valence-electron chi connectivity index (χ1n) is 5.72. The molecule has 0 saturated carbocycles. The normalized spacial score (nSPS) is 26.6. The Morgan fingerprint density at radius 1 is 1.13 bits per heavy atom. The smallest absolute Gasteiger partial charge is 0.0476 e. The van der Waals surface area contributed by atoms with Crippen LogP contribution in [0.2, 0.25) is 0 Å². The number of hydrogen-bond acceptors (Lipinski definition) is 2. The summed E-state index contributed by atoms with van der Waals surface area (Å²) in [6.45, 7) is 8.73. The van der Waals surface area contributed by atoms with Gasteiger partial charge in [-0.25, -0.2) is 0 Å². The molecule has 0 radical (unpaired) electrons. The van der Waals surface area contributed by atoms with Crippen LogP contribution in [0.5, 0.6) is 0 Å². The molecule has 1 aromatic rings. The van der Waals surface area contributed by atoms with Gasteiger partial charge in [0.1, 0.15) is 0 Å². The molecule has 0 aliphatic carbocycles. The van der Waals surface area contributed by atoms with E-state index in [1.165, 1.54) is 16.7 Å². The minimum Gasteiger partial charge on any atom is -0.311 e. The summed E-state index contributed by atoms with van der Waals surface area (Å²) in [5.41, 5.74) is 4.17. The summed E-state index contributed by atoms with van der Waals surface area (Å²) in [5.74, 6) is 0. The lowest BCUT2D eigenvalue weighted by atomic mass is 9.93. The molecule has 82 valence electrons. The van der Waals surface area contributed by atoms with Gasteiger partial charge in [0, 0.05) is 25.2 Å². The van der Waals surface area contributed by atoms with Crippen molar-refractivity contribution < 1.29 is 0 Å². The highest BCUT2D eigenvalue weighted by atomic mass is 15.1. The Labute approximate surface area is 92.1 Å². The second-order valence-electron chi connectivity index (χ2n) is 4.53. The van der Waals surface area contributed by atoms with Gasteiger partial charge >= 0.3 is 0 Å². The van der Waals surface area contributed by atoms with E-state index in [-0.39, 0.29) is 0 Å². The van der Waals surface area contributed by atoms with E-state index in [9.17, 15) is 0 Å². The van der Waals surface area contributed by atoms with Gasteiger partial charge in [0.15, 0.2) is 0 Å². The van der Waals surface area contributed by atoms with E-state index in [1.54, 1.807) is 0 Å². The lowest BCUT2D eigenvalue weighted by Crippen LogP contribution is -2.49. The van der Waals surface area contributed by atoms with Crippen LogP contribution in [0.25, 0.3) is 0 Å². The molecule has 15 heavy (non-hydrogen) atoms. The Hall–Kier alpha value is -0.860. The zero-order valence-corrected chi connectivity index (χ0v) is 9.80. The van der Waals surface area contributed by atoms with Gasteiger partial charge in [-0.15, -0.1) is 0 Å². The third-order valence-corrected chi connectivity index (χ3v) is 3.23. The van der Waals surface area contributed by atoms with Crippen molar-refractivity contribution in [2.45, 2.75) is 32.9 Å². The number of aryl methyl sites for hydroxylation is 2. The summed E-state index contributed by atoms with van der Waals surface area (Å²) in [6, 6.07) is 7.67. The van der Waals surface area contributed by atoms with Crippen LogP contribution in [0.4, 0.5) is 0 Å². The summed E-state index contributed by atoms with van der Waals surface area (Å²) in [6.07, 6.45) is 0. The Bertz CT molecular complexity index is 346. The molecule has 2 nitrogen and oxygen atoms in total. The highest BCUT2D eigenvalue weighted by Crippen LogP contribution is 2.23. The highest BCUT2D eigenvalue weighted by molar-refractivity contribution is 5.34. The summed E-state index contributed by atoms with van der Waals surface area (Å²) < 4.78 is 0. The fourth-order valence-electron chi connectivity index (χ4n) is 2.30. The molecule has 0 aromatic heterocycles. The van der Waals surface area contributed by atoms with Gasteiger partial charge in [-0.05, 0) is 31.9 Å². The first-order valence-corrected chi connectivity index (χ1v) is 5.72. The average Bonchev–Trinajstić information content (AvgIpc) is 2.23. The maximum absolute atomic E-state index is 3.59. The summed E-state index contributed by atoms with van der Waals surface area (Å²) >= 11 is 0. The molecule has 2 unspecified atom stereocenters.